The van der Waals surface area contributed by atoms with E-state index in [0.29, 0.717) is 18.0 Å². The van der Waals surface area contributed by atoms with Gasteiger partial charge in [-0.2, -0.15) is 8.78 Å². The van der Waals surface area contributed by atoms with Gasteiger partial charge in [-0.25, -0.2) is 0 Å². The summed E-state index contributed by atoms with van der Waals surface area (Å²) in [5.41, 5.74) is 0.434. The normalized spacial score (nSPS) is 17.7. The Morgan fingerprint density at radius 3 is 2.42 bits per heavy atom. The SMILES string of the molecule is C[C@@H](CNC(=O)c1ccc(OC(F)F)cc1)CN1CCN(C)CC1. The highest BCUT2D eigenvalue weighted by atomic mass is 19.3. The molecule has 2 rings (SSSR count). The molecule has 0 radical (unpaired) electrons. The van der Waals surface area contributed by atoms with E-state index >= 15 is 0 Å². The van der Waals surface area contributed by atoms with Crippen molar-refractivity contribution < 1.29 is 18.3 Å². The third-order valence-electron chi connectivity index (χ3n) is 4.12. The molecule has 7 heteroatoms. The van der Waals surface area contributed by atoms with Gasteiger partial charge in [0, 0.05) is 44.8 Å². The van der Waals surface area contributed by atoms with E-state index in [4.69, 9.17) is 0 Å². The van der Waals surface area contributed by atoms with Gasteiger partial charge in [-0.3, -0.25) is 4.79 Å². The average molecular weight is 341 g/mol. The van der Waals surface area contributed by atoms with E-state index in [9.17, 15) is 13.6 Å². The Bertz CT molecular complexity index is 517. The number of halogens is 2. The van der Waals surface area contributed by atoms with E-state index in [1.807, 2.05) is 0 Å². The van der Waals surface area contributed by atoms with Gasteiger partial charge in [-0.05, 0) is 37.2 Å². The number of hydrogen-bond acceptors (Lipinski definition) is 4. The fourth-order valence-electron chi connectivity index (χ4n) is 2.69. The molecule has 0 aliphatic carbocycles. The van der Waals surface area contributed by atoms with Gasteiger partial charge in [0.2, 0.25) is 0 Å². The van der Waals surface area contributed by atoms with E-state index in [1.165, 1.54) is 24.3 Å². The fourth-order valence-corrected chi connectivity index (χ4v) is 2.69. The number of benzene rings is 1. The van der Waals surface area contributed by atoms with Gasteiger partial charge in [0.15, 0.2) is 0 Å². The Kier molecular flexibility index (Phi) is 6.93. The van der Waals surface area contributed by atoms with Crippen molar-refractivity contribution in [3.63, 3.8) is 0 Å². The second-order valence-electron chi connectivity index (χ2n) is 6.32. The van der Waals surface area contributed by atoms with Crippen LogP contribution in [0.5, 0.6) is 5.75 Å². The molecule has 0 bridgehead atoms. The summed E-state index contributed by atoms with van der Waals surface area (Å²) in [6.45, 7) is 5.05. The van der Waals surface area contributed by atoms with Crippen LogP contribution < -0.4 is 10.1 Å². The summed E-state index contributed by atoms with van der Waals surface area (Å²) in [5.74, 6) is 0.188. The van der Waals surface area contributed by atoms with Gasteiger partial charge in [0.25, 0.3) is 5.91 Å². The van der Waals surface area contributed by atoms with Crippen molar-refractivity contribution in [1.29, 1.82) is 0 Å². The molecule has 1 aromatic rings. The topological polar surface area (TPSA) is 44.8 Å². The highest BCUT2D eigenvalue weighted by Gasteiger charge is 2.16. The number of hydrogen-bond donors (Lipinski definition) is 1. The Morgan fingerprint density at radius 1 is 1.21 bits per heavy atom. The maximum Gasteiger partial charge on any atom is 0.387 e. The van der Waals surface area contributed by atoms with E-state index in [2.05, 4.69) is 33.8 Å². The lowest BCUT2D eigenvalue weighted by Gasteiger charge is -2.33. The first-order chi connectivity index (χ1) is 11.4. The molecular weight excluding hydrogens is 316 g/mol. The largest absolute Gasteiger partial charge is 0.435 e. The molecule has 1 N–H and O–H groups in total. The third-order valence-corrected chi connectivity index (χ3v) is 4.12. The van der Waals surface area contributed by atoms with Gasteiger partial charge in [0.1, 0.15) is 5.75 Å². The van der Waals surface area contributed by atoms with Crippen molar-refractivity contribution in [2.45, 2.75) is 13.5 Å². The minimum atomic E-state index is -2.86. The monoisotopic (exact) mass is 341 g/mol. The highest BCUT2D eigenvalue weighted by molar-refractivity contribution is 5.94. The quantitative estimate of drug-likeness (QED) is 0.823. The first-order valence-electron chi connectivity index (χ1n) is 8.18. The maximum atomic E-state index is 12.1. The summed E-state index contributed by atoms with van der Waals surface area (Å²) < 4.78 is 28.5. The molecule has 1 aliphatic heterocycles. The van der Waals surface area contributed by atoms with E-state index in [1.54, 1.807) is 0 Å². The second kappa shape index (κ2) is 8.94. The number of alkyl halides is 2. The van der Waals surface area contributed by atoms with Crippen molar-refractivity contribution in [2.75, 3.05) is 46.3 Å². The highest BCUT2D eigenvalue weighted by Crippen LogP contribution is 2.15. The molecule has 1 amide bonds. The number of nitrogens with zero attached hydrogens (tertiary/aromatic N) is 2. The number of carbonyl (C=O) groups excluding carboxylic acids is 1. The molecule has 0 spiro atoms. The van der Waals surface area contributed by atoms with E-state index < -0.39 is 6.61 Å². The predicted octanol–water partition coefficient (Wildman–Crippen LogP) is 1.90. The second-order valence-corrected chi connectivity index (χ2v) is 6.32. The summed E-state index contributed by atoms with van der Waals surface area (Å²) in [5, 5.41) is 2.89. The zero-order valence-electron chi connectivity index (χ0n) is 14.2. The molecule has 0 aromatic heterocycles. The minimum absolute atomic E-state index is 0.0463. The van der Waals surface area contributed by atoms with Crippen LogP contribution in [0.25, 0.3) is 0 Å². The van der Waals surface area contributed by atoms with E-state index in [0.717, 1.165) is 32.7 Å². The lowest BCUT2D eigenvalue weighted by Crippen LogP contribution is -2.46. The first kappa shape index (κ1) is 18.6. The smallest absolute Gasteiger partial charge is 0.387 e. The lowest BCUT2D eigenvalue weighted by atomic mass is 10.1. The summed E-state index contributed by atoms with van der Waals surface area (Å²) in [6.07, 6.45) is 0. The Hall–Kier alpha value is -1.73. The van der Waals surface area contributed by atoms with Gasteiger partial charge >= 0.3 is 6.61 Å². The molecule has 1 aliphatic rings. The number of nitrogens with one attached hydrogen (secondary N) is 1. The Balaban J connectivity index is 1.73. The van der Waals surface area contributed by atoms with Crippen LogP contribution in [-0.4, -0.2) is 68.6 Å². The molecule has 1 fully saturated rings. The number of amides is 1. The zero-order valence-corrected chi connectivity index (χ0v) is 14.2. The third kappa shape index (κ3) is 6.05. The van der Waals surface area contributed by atoms with Crippen LogP contribution >= 0.6 is 0 Å². The van der Waals surface area contributed by atoms with Crippen LogP contribution in [0.4, 0.5) is 8.78 Å². The van der Waals surface area contributed by atoms with Crippen molar-refractivity contribution in [1.82, 2.24) is 15.1 Å². The molecule has 1 aromatic carbocycles. The Morgan fingerprint density at radius 2 is 1.83 bits per heavy atom. The summed E-state index contributed by atoms with van der Waals surface area (Å²) in [6, 6.07) is 5.71. The molecule has 1 heterocycles. The molecule has 0 unspecified atom stereocenters. The molecule has 0 saturated carbocycles. The minimum Gasteiger partial charge on any atom is -0.435 e. The average Bonchev–Trinajstić information content (AvgIpc) is 2.55. The van der Waals surface area contributed by atoms with Crippen LogP contribution in [0.1, 0.15) is 17.3 Å². The van der Waals surface area contributed by atoms with Gasteiger partial charge < -0.3 is 19.9 Å². The van der Waals surface area contributed by atoms with Gasteiger partial charge in [-0.1, -0.05) is 6.92 Å². The lowest BCUT2D eigenvalue weighted by molar-refractivity contribution is -0.0498. The molecule has 24 heavy (non-hydrogen) atoms. The first-order valence-corrected chi connectivity index (χ1v) is 8.18. The number of carbonyl (C=O) groups is 1. The molecule has 1 saturated heterocycles. The van der Waals surface area contributed by atoms with Crippen LogP contribution in [0.3, 0.4) is 0 Å². The molecule has 5 nitrogen and oxygen atoms in total. The van der Waals surface area contributed by atoms with Gasteiger partial charge in [0.05, 0.1) is 0 Å². The van der Waals surface area contributed by atoms with Crippen LogP contribution in [0.2, 0.25) is 0 Å². The summed E-state index contributed by atoms with van der Waals surface area (Å²) in [7, 11) is 2.12. The van der Waals surface area contributed by atoms with Crippen LogP contribution in [0, 0.1) is 5.92 Å². The number of piperazine rings is 1. The molecule has 1 atom stereocenters. The van der Waals surface area contributed by atoms with Crippen LogP contribution in [-0.2, 0) is 0 Å². The van der Waals surface area contributed by atoms with Crippen LogP contribution in [0.15, 0.2) is 24.3 Å². The number of ether oxygens (including phenoxy) is 1. The number of rotatable bonds is 7. The van der Waals surface area contributed by atoms with Crippen molar-refractivity contribution in [3.8, 4) is 5.75 Å². The predicted molar refractivity (Wildman–Crippen MR) is 88.5 cm³/mol. The van der Waals surface area contributed by atoms with E-state index in [-0.39, 0.29) is 11.7 Å². The zero-order chi connectivity index (χ0) is 17.5. The fraction of sp³-hybridized carbons (Fsp3) is 0.588. The standard InChI is InChI=1S/C17H25F2N3O2/c1-13(12-22-9-7-21(2)8-10-22)11-20-16(23)14-3-5-15(6-4-14)24-17(18)19/h3-6,13,17H,7-12H2,1-2H3,(H,20,23)/t13-/m0/s1. The van der Waals surface area contributed by atoms with Crippen molar-refractivity contribution >= 4 is 5.91 Å². The summed E-state index contributed by atoms with van der Waals surface area (Å²) in [4.78, 5) is 16.8. The maximum absolute atomic E-state index is 12.1. The molecule has 134 valence electrons. The van der Waals surface area contributed by atoms with Gasteiger partial charge in [-0.15, -0.1) is 0 Å². The molecular formula is C17H25F2N3O2. The van der Waals surface area contributed by atoms with Crippen molar-refractivity contribution in [3.05, 3.63) is 29.8 Å². The number of likely N-dealkylation sites (N-methyl/N-ethyl adjacent to an activating group) is 1. The van der Waals surface area contributed by atoms with Crippen molar-refractivity contribution in [2.24, 2.45) is 5.92 Å². The Labute approximate surface area is 141 Å². The summed E-state index contributed by atoms with van der Waals surface area (Å²) >= 11 is 0.